The van der Waals surface area contributed by atoms with Gasteiger partial charge >= 0.3 is 0 Å². The molecule has 0 N–H and O–H groups in total. The minimum absolute atomic E-state index is 0.923. The Hall–Kier alpha value is -2.14. The van der Waals surface area contributed by atoms with E-state index in [1.807, 2.05) is 31.3 Å². The maximum absolute atomic E-state index is 5.46. The minimum atomic E-state index is 0.923. The zero-order valence-corrected chi connectivity index (χ0v) is 13.7. The Labute approximate surface area is 137 Å². The van der Waals surface area contributed by atoms with Gasteiger partial charge in [-0.25, -0.2) is 0 Å². The Bertz CT molecular complexity index is 615. The number of nitrogens with zero attached hydrogens (tertiary/aromatic N) is 4. The highest BCUT2D eigenvalue weighted by atomic mass is 16.5. The lowest BCUT2D eigenvalue weighted by Gasteiger charge is -2.32. The molecule has 1 saturated heterocycles. The molecule has 1 aliphatic rings. The fraction of sp³-hybridized carbons (Fsp3) is 0.444. The van der Waals surface area contributed by atoms with E-state index in [2.05, 4.69) is 38.4 Å². The Morgan fingerprint density at radius 1 is 1.17 bits per heavy atom. The molecule has 0 aliphatic carbocycles. The van der Waals surface area contributed by atoms with Crippen LogP contribution < -0.4 is 0 Å². The van der Waals surface area contributed by atoms with E-state index in [4.69, 9.17) is 4.52 Å². The predicted molar refractivity (Wildman–Crippen MR) is 92.4 cm³/mol. The van der Waals surface area contributed by atoms with Crippen LogP contribution in [0.1, 0.15) is 19.1 Å². The van der Waals surface area contributed by atoms with Crippen molar-refractivity contribution >= 4 is 6.21 Å². The molecule has 1 aromatic carbocycles. The molecule has 0 unspecified atom stereocenters. The third-order valence-corrected chi connectivity index (χ3v) is 4.15. The van der Waals surface area contributed by atoms with Gasteiger partial charge in [-0.1, -0.05) is 35.5 Å². The Kier molecular flexibility index (Phi) is 5.42. The Morgan fingerprint density at radius 3 is 2.70 bits per heavy atom. The van der Waals surface area contributed by atoms with E-state index in [-0.39, 0.29) is 0 Å². The van der Waals surface area contributed by atoms with Crippen molar-refractivity contribution in [1.29, 1.82) is 0 Å². The van der Waals surface area contributed by atoms with Gasteiger partial charge in [-0.3, -0.25) is 9.91 Å². The van der Waals surface area contributed by atoms with Crippen molar-refractivity contribution in [3.05, 3.63) is 42.2 Å². The number of aromatic nitrogens is 1. The first-order chi connectivity index (χ1) is 11.3. The van der Waals surface area contributed by atoms with Crippen LogP contribution in [0.15, 0.2) is 46.0 Å². The average Bonchev–Trinajstić information content (AvgIpc) is 3.06. The second kappa shape index (κ2) is 7.92. The quantitative estimate of drug-likeness (QED) is 0.769. The summed E-state index contributed by atoms with van der Waals surface area (Å²) in [6.45, 7) is 7.28. The average molecular weight is 312 g/mol. The Balaban J connectivity index is 1.42. The number of hydrazone groups is 1. The molecule has 0 saturated carbocycles. The summed E-state index contributed by atoms with van der Waals surface area (Å²) in [5, 5.41) is 10.6. The zero-order valence-electron chi connectivity index (χ0n) is 13.7. The topological polar surface area (TPSA) is 44.9 Å². The van der Waals surface area contributed by atoms with Gasteiger partial charge in [0.2, 0.25) is 0 Å². The summed E-state index contributed by atoms with van der Waals surface area (Å²) in [7, 11) is 0. The molecule has 3 rings (SSSR count). The largest absolute Gasteiger partial charge is 0.361 e. The molecule has 2 heterocycles. The van der Waals surface area contributed by atoms with Crippen molar-refractivity contribution in [3.8, 4) is 11.3 Å². The lowest BCUT2D eigenvalue weighted by Crippen LogP contribution is -2.44. The second-order valence-electron chi connectivity index (χ2n) is 5.82. The van der Waals surface area contributed by atoms with Crippen molar-refractivity contribution in [3.63, 3.8) is 0 Å². The lowest BCUT2D eigenvalue weighted by molar-refractivity contribution is 0.135. The molecule has 0 spiro atoms. The molecule has 0 bridgehead atoms. The summed E-state index contributed by atoms with van der Waals surface area (Å²) in [6.07, 6.45) is 3.90. The molecule has 0 atom stereocenters. The number of benzene rings is 1. The molecular formula is C18H24N4O. The van der Waals surface area contributed by atoms with Crippen molar-refractivity contribution in [2.45, 2.75) is 19.8 Å². The van der Waals surface area contributed by atoms with Crippen LogP contribution in [0, 0.1) is 0 Å². The van der Waals surface area contributed by atoms with Crippen LogP contribution in [0.4, 0.5) is 0 Å². The van der Waals surface area contributed by atoms with Crippen LogP contribution in [0.25, 0.3) is 11.3 Å². The van der Waals surface area contributed by atoms with E-state index in [0.29, 0.717) is 0 Å². The van der Waals surface area contributed by atoms with Crippen LogP contribution in [0.5, 0.6) is 0 Å². The van der Waals surface area contributed by atoms with Crippen molar-refractivity contribution in [2.24, 2.45) is 5.10 Å². The first-order valence-corrected chi connectivity index (χ1v) is 8.32. The van der Waals surface area contributed by atoms with E-state index in [1.54, 1.807) is 0 Å². The molecule has 1 fully saturated rings. The van der Waals surface area contributed by atoms with Crippen LogP contribution in [0.2, 0.25) is 0 Å². The van der Waals surface area contributed by atoms with Gasteiger partial charge in [0.1, 0.15) is 11.5 Å². The highest BCUT2D eigenvalue weighted by Gasteiger charge is 2.15. The van der Waals surface area contributed by atoms with Gasteiger partial charge in [0.15, 0.2) is 0 Å². The molecule has 122 valence electrons. The fourth-order valence-corrected chi connectivity index (χ4v) is 2.89. The molecule has 5 heteroatoms. The molecule has 1 aromatic heterocycles. The maximum atomic E-state index is 5.46. The SMILES string of the molecule is C/C=N/N1CCN(CCCc2cc(-c3ccccc3)no2)CC1. The summed E-state index contributed by atoms with van der Waals surface area (Å²) in [6, 6.07) is 12.2. The molecule has 1 aliphatic heterocycles. The molecule has 23 heavy (non-hydrogen) atoms. The smallest absolute Gasteiger partial charge is 0.137 e. The van der Waals surface area contributed by atoms with Gasteiger partial charge in [-0.15, -0.1) is 0 Å². The second-order valence-corrected chi connectivity index (χ2v) is 5.82. The Morgan fingerprint density at radius 2 is 1.96 bits per heavy atom. The molecule has 0 radical (unpaired) electrons. The van der Waals surface area contributed by atoms with E-state index in [9.17, 15) is 0 Å². The zero-order chi connectivity index (χ0) is 15.9. The van der Waals surface area contributed by atoms with E-state index in [1.165, 1.54) is 0 Å². The molecular weight excluding hydrogens is 288 g/mol. The fourth-order valence-electron chi connectivity index (χ4n) is 2.89. The number of rotatable bonds is 6. The minimum Gasteiger partial charge on any atom is -0.361 e. The normalized spacial score (nSPS) is 16.3. The number of piperazine rings is 1. The van der Waals surface area contributed by atoms with Crippen molar-refractivity contribution < 1.29 is 4.52 Å². The van der Waals surface area contributed by atoms with Gasteiger partial charge in [0.25, 0.3) is 0 Å². The highest BCUT2D eigenvalue weighted by molar-refractivity contribution is 5.58. The van der Waals surface area contributed by atoms with Gasteiger partial charge < -0.3 is 4.52 Å². The molecule has 0 amide bonds. The van der Waals surface area contributed by atoms with E-state index in [0.717, 1.165) is 62.6 Å². The summed E-state index contributed by atoms with van der Waals surface area (Å²) in [5.41, 5.74) is 2.03. The van der Waals surface area contributed by atoms with Crippen LogP contribution in [-0.4, -0.2) is 54.0 Å². The summed E-state index contributed by atoms with van der Waals surface area (Å²) >= 11 is 0. The summed E-state index contributed by atoms with van der Waals surface area (Å²) in [4.78, 5) is 2.50. The maximum Gasteiger partial charge on any atom is 0.137 e. The third-order valence-electron chi connectivity index (χ3n) is 4.15. The van der Waals surface area contributed by atoms with E-state index >= 15 is 0 Å². The third kappa shape index (κ3) is 4.42. The van der Waals surface area contributed by atoms with E-state index < -0.39 is 0 Å². The van der Waals surface area contributed by atoms with Gasteiger partial charge in [-0.05, 0) is 19.9 Å². The van der Waals surface area contributed by atoms with Crippen molar-refractivity contribution in [2.75, 3.05) is 32.7 Å². The number of aryl methyl sites for hydroxylation is 1. The van der Waals surface area contributed by atoms with Gasteiger partial charge in [0, 0.05) is 50.4 Å². The monoisotopic (exact) mass is 312 g/mol. The van der Waals surface area contributed by atoms with Gasteiger partial charge in [0.05, 0.1) is 0 Å². The number of hydrogen-bond acceptors (Lipinski definition) is 5. The molecule has 5 nitrogen and oxygen atoms in total. The van der Waals surface area contributed by atoms with Crippen LogP contribution in [-0.2, 0) is 6.42 Å². The standard InChI is InChI=1S/C18H24N4O/c1-2-19-22-13-11-21(12-14-22)10-6-9-17-15-18(20-23-17)16-7-4-3-5-8-16/h2-5,7-8,15H,6,9-14H2,1H3/b19-2+. The predicted octanol–water partition coefficient (Wildman–Crippen LogP) is 2.90. The summed E-state index contributed by atoms with van der Waals surface area (Å²) in [5.74, 6) is 0.970. The highest BCUT2D eigenvalue weighted by Crippen LogP contribution is 2.19. The van der Waals surface area contributed by atoms with Crippen LogP contribution >= 0.6 is 0 Å². The summed E-state index contributed by atoms with van der Waals surface area (Å²) < 4.78 is 5.46. The van der Waals surface area contributed by atoms with Crippen molar-refractivity contribution in [1.82, 2.24) is 15.1 Å². The first-order valence-electron chi connectivity index (χ1n) is 8.32. The van der Waals surface area contributed by atoms with Crippen LogP contribution in [0.3, 0.4) is 0 Å². The number of hydrogen-bond donors (Lipinski definition) is 0. The first kappa shape index (κ1) is 15.7. The lowest BCUT2D eigenvalue weighted by atomic mass is 10.1. The molecule has 2 aromatic rings. The van der Waals surface area contributed by atoms with Gasteiger partial charge in [-0.2, -0.15) is 5.10 Å².